The van der Waals surface area contributed by atoms with Gasteiger partial charge in [-0.15, -0.1) is 11.8 Å². The van der Waals surface area contributed by atoms with E-state index < -0.39 is 0 Å². The van der Waals surface area contributed by atoms with E-state index in [1.54, 1.807) is 18.2 Å². The largest absolute Gasteiger partial charge is 0.448 e. The summed E-state index contributed by atoms with van der Waals surface area (Å²) in [4.78, 5) is 4.35. The molecule has 0 bridgehead atoms. The predicted molar refractivity (Wildman–Crippen MR) is 61.7 cm³/mol. The van der Waals surface area contributed by atoms with Crippen LogP contribution >= 0.6 is 23.7 Å². The molecule has 0 N–H and O–H groups in total. The van der Waals surface area contributed by atoms with Crippen LogP contribution in [0.15, 0.2) is 15.1 Å². The van der Waals surface area contributed by atoms with E-state index in [0.29, 0.717) is 4.58 Å². The van der Waals surface area contributed by atoms with Crippen molar-refractivity contribution in [2.24, 2.45) is 4.40 Å². The Kier molecular flexibility index (Phi) is 3.53. The van der Waals surface area contributed by atoms with Gasteiger partial charge in [-0.3, -0.25) is 0 Å². The normalized spacial score (nSPS) is 20.5. The number of hydrogen-bond donors (Lipinski definition) is 0. The van der Waals surface area contributed by atoms with Gasteiger partial charge in [0.05, 0.1) is 16.0 Å². The third kappa shape index (κ3) is 2.54. The van der Waals surface area contributed by atoms with Crippen LogP contribution in [0.3, 0.4) is 0 Å². The minimum absolute atomic E-state index is 0.548. The van der Waals surface area contributed by atoms with Gasteiger partial charge in [-0.05, 0) is 18.4 Å². The van der Waals surface area contributed by atoms with E-state index in [0.717, 1.165) is 30.2 Å². The van der Waals surface area contributed by atoms with Crippen molar-refractivity contribution in [1.29, 1.82) is 0 Å². The molecule has 3 nitrogen and oxygen atoms in total. The molecule has 76 valence electrons. The molecule has 1 atom stereocenters. The number of thioether (sulfide) groups is 1. The molecule has 1 unspecified atom stereocenters. The zero-order chi connectivity index (χ0) is 9.80. The fourth-order valence-electron chi connectivity index (χ4n) is 1.12. The van der Waals surface area contributed by atoms with E-state index in [1.165, 1.54) is 0 Å². The lowest BCUT2D eigenvalue weighted by molar-refractivity contribution is 0.516. The van der Waals surface area contributed by atoms with Crippen molar-refractivity contribution in [3.05, 3.63) is 17.8 Å². The van der Waals surface area contributed by atoms with Gasteiger partial charge in [-0.2, -0.15) is 0 Å². The molecule has 0 aliphatic carbocycles. The van der Waals surface area contributed by atoms with E-state index in [4.69, 9.17) is 4.42 Å². The molecule has 0 aromatic carbocycles. The average molecular weight is 228 g/mol. The van der Waals surface area contributed by atoms with E-state index in [9.17, 15) is 0 Å². The smallest absolute Gasteiger partial charge is 0.204 e. The lowest BCUT2D eigenvalue weighted by atomic mass is 10.4. The molecule has 2 heterocycles. The summed E-state index contributed by atoms with van der Waals surface area (Å²) in [7, 11) is 0. The predicted octanol–water partition coefficient (Wildman–Crippen LogP) is 2.92. The van der Waals surface area contributed by atoms with Gasteiger partial charge < -0.3 is 4.42 Å². The van der Waals surface area contributed by atoms with Crippen molar-refractivity contribution in [2.75, 3.05) is 0 Å². The van der Waals surface area contributed by atoms with Crippen molar-refractivity contribution in [3.63, 3.8) is 0 Å². The quantitative estimate of drug-likeness (QED) is 0.743. The summed E-state index contributed by atoms with van der Waals surface area (Å²) in [5.41, 5.74) is 1.04. The Balaban J connectivity index is 1.79. The molecular formula is C9H12N2OS2. The number of aromatic nitrogens is 1. The van der Waals surface area contributed by atoms with Crippen molar-refractivity contribution < 1.29 is 4.42 Å². The second kappa shape index (κ2) is 4.89. The highest BCUT2D eigenvalue weighted by Crippen LogP contribution is 2.32. The first-order valence-corrected chi connectivity index (χ1v) is 6.49. The van der Waals surface area contributed by atoms with Crippen molar-refractivity contribution in [1.82, 2.24) is 4.98 Å². The van der Waals surface area contributed by atoms with Crippen LogP contribution in [0.1, 0.15) is 24.9 Å². The molecule has 2 rings (SSSR count). The molecule has 0 spiro atoms. The number of aryl methyl sites for hydroxylation is 1. The van der Waals surface area contributed by atoms with Crippen LogP contribution in [0, 0.1) is 0 Å². The van der Waals surface area contributed by atoms with Gasteiger partial charge in [0.2, 0.25) is 5.89 Å². The minimum Gasteiger partial charge on any atom is -0.448 e. The third-order valence-corrected chi connectivity index (χ3v) is 4.25. The molecule has 0 saturated heterocycles. The molecule has 0 radical (unpaired) electrons. The summed E-state index contributed by atoms with van der Waals surface area (Å²) in [6.45, 7) is 2.08. The summed E-state index contributed by atoms with van der Waals surface area (Å²) in [5, 5.41) is 0. The van der Waals surface area contributed by atoms with Gasteiger partial charge in [0, 0.05) is 12.6 Å². The highest BCUT2D eigenvalue weighted by Gasteiger charge is 2.14. The highest BCUT2D eigenvalue weighted by atomic mass is 32.2. The minimum atomic E-state index is 0.548. The third-order valence-electron chi connectivity index (χ3n) is 1.91. The zero-order valence-electron chi connectivity index (χ0n) is 7.97. The Morgan fingerprint density at radius 2 is 2.64 bits per heavy atom. The van der Waals surface area contributed by atoms with E-state index in [2.05, 4.69) is 16.3 Å². The first-order valence-electron chi connectivity index (χ1n) is 4.61. The van der Waals surface area contributed by atoms with Crippen LogP contribution in [0.4, 0.5) is 0 Å². The van der Waals surface area contributed by atoms with Crippen molar-refractivity contribution in [2.45, 2.75) is 30.1 Å². The Bertz CT molecular complexity index is 316. The molecular weight excluding hydrogens is 216 g/mol. The first-order chi connectivity index (χ1) is 6.88. The monoisotopic (exact) mass is 228 g/mol. The van der Waals surface area contributed by atoms with Crippen molar-refractivity contribution in [3.8, 4) is 0 Å². The lowest BCUT2D eigenvalue weighted by Gasteiger charge is -2.02. The number of hydrogen-bond acceptors (Lipinski definition) is 5. The van der Waals surface area contributed by atoms with Gasteiger partial charge in [-0.1, -0.05) is 6.92 Å². The second-order valence-electron chi connectivity index (χ2n) is 2.96. The highest BCUT2D eigenvalue weighted by molar-refractivity contribution is 8.16. The molecule has 0 saturated carbocycles. The fraction of sp³-hybridized carbons (Fsp3) is 0.556. The fourth-order valence-corrected chi connectivity index (χ4v) is 2.88. The maximum absolute atomic E-state index is 5.33. The summed E-state index contributed by atoms with van der Waals surface area (Å²) < 4.78 is 10.00. The second-order valence-corrected chi connectivity index (χ2v) is 5.44. The number of oxazole rings is 1. The van der Waals surface area contributed by atoms with Gasteiger partial charge in [-0.25, -0.2) is 9.38 Å². The Morgan fingerprint density at radius 3 is 3.29 bits per heavy atom. The van der Waals surface area contributed by atoms with E-state index in [1.807, 2.05) is 18.0 Å². The van der Waals surface area contributed by atoms with E-state index in [-0.39, 0.29) is 0 Å². The summed E-state index contributed by atoms with van der Waals surface area (Å²) >= 11 is 3.48. The Morgan fingerprint density at radius 1 is 1.71 bits per heavy atom. The molecule has 1 aliphatic rings. The van der Waals surface area contributed by atoms with Crippen LogP contribution in [0.5, 0.6) is 0 Å². The van der Waals surface area contributed by atoms with E-state index >= 15 is 0 Å². The van der Waals surface area contributed by atoms with Crippen LogP contribution in [-0.2, 0) is 12.2 Å². The van der Waals surface area contributed by atoms with Crippen molar-refractivity contribution >= 4 is 29.9 Å². The SMILES string of the molecule is CCc1coc(CSC2CC=NS2)n1. The molecule has 1 aromatic rings. The molecule has 5 heteroatoms. The summed E-state index contributed by atoms with van der Waals surface area (Å²) in [5.74, 6) is 1.68. The summed E-state index contributed by atoms with van der Waals surface area (Å²) in [6, 6.07) is 0. The van der Waals surface area contributed by atoms with Crippen LogP contribution in [0.2, 0.25) is 0 Å². The standard InChI is InChI=1S/C9H12N2OS2/c1-2-7-5-12-8(11-7)6-13-9-3-4-10-14-9/h4-5,9H,2-3,6H2,1H3. The first kappa shape index (κ1) is 10.1. The number of nitrogens with zero attached hydrogens (tertiary/aromatic N) is 2. The molecule has 14 heavy (non-hydrogen) atoms. The van der Waals surface area contributed by atoms with Gasteiger partial charge in [0.25, 0.3) is 0 Å². The number of rotatable bonds is 4. The average Bonchev–Trinajstić information content (AvgIpc) is 2.86. The lowest BCUT2D eigenvalue weighted by Crippen LogP contribution is -1.92. The topological polar surface area (TPSA) is 38.4 Å². The van der Waals surface area contributed by atoms with Crippen LogP contribution in [0.25, 0.3) is 0 Å². The van der Waals surface area contributed by atoms with Gasteiger partial charge in [0.1, 0.15) is 6.26 Å². The molecule has 0 fully saturated rings. The Labute approximate surface area is 91.9 Å². The van der Waals surface area contributed by atoms with Gasteiger partial charge >= 0.3 is 0 Å². The van der Waals surface area contributed by atoms with Crippen LogP contribution < -0.4 is 0 Å². The maximum atomic E-state index is 5.33. The van der Waals surface area contributed by atoms with Gasteiger partial charge in [0.15, 0.2) is 0 Å². The summed E-state index contributed by atoms with van der Waals surface area (Å²) in [6.07, 6.45) is 5.70. The zero-order valence-corrected chi connectivity index (χ0v) is 9.61. The maximum Gasteiger partial charge on any atom is 0.204 e. The Hall–Kier alpha value is -0.420. The molecule has 1 aromatic heterocycles. The van der Waals surface area contributed by atoms with Crippen LogP contribution in [-0.4, -0.2) is 15.8 Å². The molecule has 1 aliphatic heterocycles. The molecule has 0 amide bonds.